The molecular formula is C14H12ClN3O3S. The van der Waals surface area contributed by atoms with Crippen molar-refractivity contribution >= 4 is 46.1 Å². The van der Waals surface area contributed by atoms with Gasteiger partial charge in [0.1, 0.15) is 0 Å². The standard InChI is InChI=1S/C14H12ClN3O3S/c15-11-2-1-8(5-10(11)13(20)21)17-12(19)6-9-7-22-14-16-3-4-18(9)14/h1-2,5,7H,3-4,6H2,(H,17,19)(H,20,21). The fourth-order valence-corrected chi connectivity index (χ4v) is 3.40. The second-order valence-corrected chi connectivity index (χ2v) is 6.01. The lowest BCUT2D eigenvalue weighted by Gasteiger charge is -2.16. The number of aromatic carboxylic acids is 1. The molecule has 2 aliphatic heterocycles. The van der Waals surface area contributed by atoms with Gasteiger partial charge in [-0.3, -0.25) is 9.79 Å². The van der Waals surface area contributed by atoms with Crippen molar-refractivity contribution < 1.29 is 14.7 Å². The second kappa shape index (κ2) is 6.02. The molecule has 0 saturated carbocycles. The second-order valence-electron chi connectivity index (χ2n) is 4.77. The van der Waals surface area contributed by atoms with Gasteiger partial charge in [0.05, 0.1) is 23.6 Å². The number of carbonyl (C=O) groups is 2. The van der Waals surface area contributed by atoms with Crippen LogP contribution in [0.15, 0.2) is 34.3 Å². The maximum Gasteiger partial charge on any atom is 0.337 e. The fourth-order valence-electron chi connectivity index (χ4n) is 2.25. The molecule has 3 rings (SSSR count). The minimum atomic E-state index is -1.13. The smallest absolute Gasteiger partial charge is 0.337 e. The van der Waals surface area contributed by atoms with Crippen molar-refractivity contribution in [3.63, 3.8) is 0 Å². The SMILES string of the molecule is O=C(CC1=CSC2=NCCN12)Nc1ccc(Cl)c(C(=O)O)c1. The van der Waals surface area contributed by atoms with Crippen molar-refractivity contribution in [2.45, 2.75) is 6.42 Å². The summed E-state index contributed by atoms with van der Waals surface area (Å²) in [7, 11) is 0. The Morgan fingerprint density at radius 2 is 2.27 bits per heavy atom. The fraction of sp³-hybridized carbons (Fsp3) is 0.214. The number of carboxylic acids is 1. The van der Waals surface area contributed by atoms with E-state index >= 15 is 0 Å². The van der Waals surface area contributed by atoms with Crippen LogP contribution in [-0.2, 0) is 4.79 Å². The summed E-state index contributed by atoms with van der Waals surface area (Å²) in [6.45, 7) is 1.55. The van der Waals surface area contributed by atoms with Gasteiger partial charge in [-0.05, 0) is 23.6 Å². The molecule has 1 aromatic rings. The minimum Gasteiger partial charge on any atom is -0.478 e. The van der Waals surface area contributed by atoms with Crippen LogP contribution >= 0.6 is 23.4 Å². The molecule has 0 fully saturated rings. The Kier molecular flexibility index (Phi) is 4.08. The number of fused-ring (bicyclic) bond motifs is 1. The number of aliphatic imine (C=N–C) groups is 1. The van der Waals surface area contributed by atoms with Gasteiger partial charge in [0, 0.05) is 17.9 Å². The highest BCUT2D eigenvalue weighted by molar-refractivity contribution is 8.16. The summed E-state index contributed by atoms with van der Waals surface area (Å²) < 4.78 is 0. The quantitative estimate of drug-likeness (QED) is 0.882. The maximum absolute atomic E-state index is 12.1. The lowest BCUT2D eigenvalue weighted by Crippen LogP contribution is -2.24. The van der Waals surface area contributed by atoms with E-state index in [1.165, 1.54) is 23.9 Å². The summed E-state index contributed by atoms with van der Waals surface area (Å²) >= 11 is 7.32. The minimum absolute atomic E-state index is 0.0379. The van der Waals surface area contributed by atoms with Gasteiger partial charge in [-0.15, -0.1) is 0 Å². The van der Waals surface area contributed by atoms with E-state index in [1.54, 1.807) is 6.07 Å². The van der Waals surface area contributed by atoms with E-state index in [0.29, 0.717) is 5.69 Å². The van der Waals surface area contributed by atoms with Crippen molar-refractivity contribution in [3.8, 4) is 0 Å². The highest BCUT2D eigenvalue weighted by atomic mass is 35.5. The Hall–Kier alpha value is -1.99. The van der Waals surface area contributed by atoms with Crippen LogP contribution in [0.3, 0.4) is 0 Å². The average molecular weight is 338 g/mol. The van der Waals surface area contributed by atoms with Gasteiger partial charge in [-0.2, -0.15) is 0 Å². The molecule has 6 nitrogen and oxygen atoms in total. The van der Waals surface area contributed by atoms with Gasteiger partial charge in [0.15, 0.2) is 5.17 Å². The van der Waals surface area contributed by atoms with Crippen LogP contribution in [0.4, 0.5) is 5.69 Å². The number of anilines is 1. The van der Waals surface area contributed by atoms with Gasteiger partial charge in [0.2, 0.25) is 5.91 Å². The highest BCUT2D eigenvalue weighted by Gasteiger charge is 2.27. The lowest BCUT2D eigenvalue weighted by molar-refractivity contribution is -0.115. The zero-order valence-electron chi connectivity index (χ0n) is 11.4. The van der Waals surface area contributed by atoms with Crippen LogP contribution in [0.2, 0.25) is 5.02 Å². The van der Waals surface area contributed by atoms with Crippen LogP contribution in [0.1, 0.15) is 16.8 Å². The van der Waals surface area contributed by atoms with E-state index in [1.807, 2.05) is 10.3 Å². The molecule has 0 unspecified atom stereocenters. The van der Waals surface area contributed by atoms with E-state index in [9.17, 15) is 9.59 Å². The van der Waals surface area contributed by atoms with Crippen molar-refractivity contribution in [1.29, 1.82) is 0 Å². The zero-order valence-corrected chi connectivity index (χ0v) is 12.9. The third kappa shape index (κ3) is 2.95. The predicted octanol–water partition coefficient (Wildman–Crippen LogP) is 2.63. The summed E-state index contributed by atoms with van der Waals surface area (Å²) in [5, 5.41) is 14.7. The first-order valence-electron chi connectivity index (χ1n) is 6.55. The van der Waals surface area contributed by atoms with Crippen molar-refractivity contribution in [2.75, 3.05) is 18.4 Å². The normalized spacial score (nSPS) is 16.1. The van der Waals surface area contributed by atoms with Gasteiger partial charge < -0.3 is 15.3 Å². The number of amidine groups is 1. The first kappa shape index (κ1) is 14.9. The third-order valence-electron chi connectivity index (χ3n) is 3.27. The molecular weight excluding hydrogens is 326 g/mol. The van der Waals surface area contributed by atoms with E-state index < -0.39 is 5.97 Å². The molecule has 0 saturated heterocycles. The number of carboxylic acid groups (broad SMARTS) is 1. The van der Waals surface area contributed by atoms with E-state index in [0.717, 1.165) is 24.0 Å². The first-order valence-corrected chi connectivity index (χ1v) is 7.81. The van der Waals surface area contributed by atoms with Crippen molar-refractivity contribution in [1.82, 2.24) is 4.90 Å². The molecule has 1 aromatic carbocycles. The first-order chi connectivity index (χ1) is 10.5. The van der Waals surface area contributed by atoms with Gasteiger partial charge in [0.25, 0.3) is 0 Å². The van der Waals surface area contributed by atoms with Crippen LogP contribution in [0.5, 0.6) is 0 Å². The van der Waals surface area contributed by atoms with Crippen molar-refractivity contribution in [3.05, 3.63) is 39.9 Å². The summed E-state index contributed by atoms with van der Waals surface area (Å²) in [5.74, 6) is -1.34. The lowest BCUT2D eigenvalue weighted by atomic mass is 10.2. The third-order valence-corrected chi connectivity index (χ3v) is 4.55. The molecule has 0 spiro atoms. The average Bonchev–Trinajstić information content (AvgIpc) is 3.06. The molecule has 2 aliphatic rings. The van der Waals surface area contributed by atoms with Gasteiger partial charge >= 0.3 is 5.97 Å². The monoisotopic (exact) mass is 337 g/mol. The molecule has 0 bridgehead atoms. The Labute approximate surface area is 135 Å². The zero-order chi connectivity index (χ0) is 15.7. The van der Waals surface area contributed by atoms with E-state index in [-0.39, 0.29) is 22.9 Å². The largest absolute Gasteiger partial charge is 0.478 e. The molecule has 8 heteroatoms. The maximum atomic E-state index is 12.1. The van der Waals surface area contributed by atoms with Gasteiger partial charge in [-0.25, -0.2) is 4.79 Å². The summed E-state index contributed by atoms with van der Waals surface area (Å²) in [4.78, 5) is 29.5. The van der Waals surface area contributed by atoms with E-state index in [2.05, 4.69) is 10.3 Å². The number of carbonyl (C=O) groups excluding carboxylic acids is 1. The molecule has 2 N–H and O–H groups in total. The van der Waals surface area contributed by atoms with E-state index in [4.69, 9.17) is 16.7 Å². The van der Waals surface area contributed by atoms with Crippen molar-refractivity contribution in [2.24, 2.45) is 4.99 Å². The van der Waals surface area contributed by atoms with Crippen LogP contribution < -0.4 is 5.32 Å². The number of halogens is 1. The molecule has 0 atom stereocenters. The number of nitrogens with one attached hydrogen (secondary N) is 1. The van der Waals surface area contributed by atoms with Gasteiger partial charge in [-0.1, -0.05) is 23.4 Å². The molecule has 114 valence electrons. The Morgan fingerprint density at radius 3 is 3.05 bits per heavy atom. The number of amides is 1. The topological polar surface area (TPSA) is 82.0 Å². The number of rotatable bonds is 4. The number of nitrogens with zero attached hydrogens (tertiary/aromatic N) is 2. The number of hydrogen-bond donors (Lipinski definition) is 2. The molecule has 0 radical (unpaired) electrons. The van der Waals surface area contributed by atoms with Crippen LogP contribution in [-0.4, -0.2) is 40.1 Å². The van der Waals surface area contributed by atoms with Crippen LogP contribution in [0, 0.1) is 0 Å². The molecule has 0 aromatic heterocycles. The number of thioether (sulfide) groups is 1. The summed E-state index contributed by atoms with van der Waals surface area (Å²) in [5.41, 5.74) is 1.28. The molecule has 22 heavy (non-hydrogen) atoms. The number of hydrogen-bond acceptors (Lipinski definition) is 5. The molecule has 2 heterocycles. The summed E-state index contributed by atoms with van der Waals surface area (Å²) in [6.07, 6.45) is 0.219. The highest BCUT2D eigenvalue weighted by Crippen LogP contribution is 2.31. The molecule has 1 amide bonds. The Bertz CT molecular complexity index is 717. The number of benzene rings is 1. The van der Waals surface area contributed by atoms with Crippen LogP contribution in [0.25, 0.3) is 0 Å². The predicted molar refractivity (Wildman–Crippen MR) is 86.3 cm³/mol. The summed E-state index contributed by atoms with van der Waals surface area (Å²) in [6, 6.07) is 4.38. The Morgan fingerprint density at radius 1 is 1.45 bits per heavy atom. The molecule has 0 aliphatic carbocycles. The Balaban J connectivity index is 1.66.